The van der Waals surface area contributed by atoms with Crippen LogP contribution in [0.15, 0.2) is 46.9 Å². The van der Waals surface area contributed by atoms with E-state index in [1.807, 2.05) is 18.2 Å². The maximum absolute atomic E-state index is 12.3. The van der Waals surface area contributed by atoms with Crippen molar-refractivity contribution in [3.8, 4) is 22.6 Å². The number of rotatable bonds is 7. The molecule has 2 aromatic carbocycles. The van der Waals surface area contributed by atoms with Crippen LogP contribution in [0.1, 0.15) is 17.0 Å². The third-order valence-corrected chi connectivity index (χ3v) is 5.49. The molecule has 1 aliphatic heterocycles. The molecule has 162 valence electrons. The lowest BCUT2D eigenvalue weighted by Gasteiger charge is -2.26. The average Bonchev–Trinajstić information content (AvgIpc) is 3.22. The van der Waals surface area contributed by atoms with E-state index in [4.69, 9.17) is 9.15 Å². The summed E-state index contributed by atoms with van der Waals surface area (Å²) in [5, 5.41) is 11.0. The second kappa shape index (κ2) is 9.85. The molecule has 0 atom stereocenters. The molecule has 0 saturated carbocycles. The molecular formula is C24H28N4O3. The van der Waals surface area contributed by atoms with E-state index < -0.39 is 0 Å². The quantitative estimate of drug-likeness (QED) is 0.633. The normalized spacial score (nSPS) is 14.5. The Morgan fingerprint density at radius 3 is 2.48 bits per heavy atom. The minimum absolute atomic E-state index is 0.0472. The van der Waals surface area contributed by atoms with Crippen LogP contribution in [0.5, 0.6) is 0 Å². The van der Waals surface area contributed by atoms with Crippen LogP contribution in [-0.2, 0) is 16.0 Å². The van der Waals surface area contributed by atoms with E-state index in [0.717, 1.165) is 60.7 Å². The Morgan fingerprint density at radius 2 is 1.77 bits per heavy atom. The summed E-state index contributed by atoms with van der Waals surface area (Å²) >= 11 is 0. The van der Waals surface area contributed by atoms with Gasteiger partial charge in [-0.25, -0.2) is 0 Å². The number of ether oxygens (including phenoxy) is 1. The van der Waals surface area contributed by atoms with Crippen molar-refractivity contribution in [1.29, 1.82) is 0 Å². The van der Waals surface area contributed by atoms with Crippen molar-refractivity contribution in [1.82, 2.24) is 20.4 Å². The number of nitrogens with one attached hydrogen (secondary N) is 1. The molecular weight excluding hydrogens is 392 g/mol. The maximum atomic E-state index is 12.3. The van der Waals surface area contributed by atoms with Gasteiger partial charge in [-0.15, -0.1) is 10.2 Å². The van der Waals surface area contributed by atoms with Crippen LogP contribution in [0.3, 0.4) is 0 Å². The summed E-state index contributed by atoms with van der Waals surface area (Å²) in [6.07, 6.45) is 0.379. The Hall–Kier alpha value is -3.03. The van der Waals surface area contributed by atoms with Gasteiger partial charge in [-0.3, -0.25) is 9.69 Å². The monoisotopic (exact) mass is 420 g/mol. The fraction of sp³-hybridized carbons (Fsp3) is 0.375. The Morgan fingerprint density at radius 1 is 1.03 bits per heavy atom. The van der Waals surface area contributed by atoms with Gasteiger partial charge >= 0.3 is 0 Å². The molecule has 31 heavy (non-hydrogen) atoms. The Labute approximate surface area is 182 Å². The van der Waals surface area contributed by atoms with E-state index in [1.165, 1.54) is 0 Å². The number of carbonyl (C=O) groups excluding carboxylic acids is 1. The number of benzene rings is 2. The fourth-order valence-electron chi connectivity index (χ4n) is 3.71. The van der Waals surface area contributed by atoms with Gasteiger partial charge in [-0.1, -0.05) is 30.3 Å². The van der Waals surface area contributed by atoms with E-state index >= 15 is 0 Å². The van der Waals surface area contributed by atoms with E-state index in [2.05, 4.69) is 51.6 Å². The number of aryl methyl sites for hydroxylation is 2. The molecule has 1 amide bonds. The van der Waals surface area contributed by atoms with Crippen molar-refractivity contribution in [3.63, 3.8) is 0 Å². The predicted molar refractivity (Wildman–Crippen MR) is 119 cm³/mol. The van der Waals surface area contributed by atoms with Gasteiger partial charge in [0.25, 0.3) is 0 Å². The summed E-state index contributed by atoms with van der Waals surface area (Å²) in [5.74, 6) is 1.11. The molecule has 4 rings (SSSR count). The maximum Gasteiger partial charge on any atom is 0.247 e. The van der Waals surface area contributed by atoms with Crippen LogP contribution < -0.4 is 5.32 Å². The SMILES string of the molecule is Cc1nnc(-c2ccc(C)c(-c3ccc(CC(=O)NCCN4CCOCC4)cc3)c2)o1. The first-order chi connectivity index (χ1) is 15.1. The topological polar surface area (TPSA) is 80.5 Å². The lowest BCUT2D eigenvalue weighted by Crippen LogP contribution is -2.41. The van der Waals surface area contributed by atoms with Gasteiger partial charge < -0.3 is 14.5 Å². The Bertz CT molecular complexity index is 1020. The zero-order valence-corrected chi connectivity index (χ0v) is 18.1. The van der Waals surface area contributed by atoms with Crippen LogP contribution in [0, 0.1) is 13.8 Å². The Balaban J connectivity index is 1.36. The van der Waals surface area contributed by atoms with Crippen LogP contribution in [0.25, 0.3) is 22.6 Å². The van der Waals surface area contributed by atoms with Gasteiger partial charge in [0.05, 0.1) is 19.6 Å². The third-order valence-electron chi connectivity index (χ3n) is 5.49. The van der Waals surface area contributed by atoms with Gasteiger partial charge in [0.2, 0.25) is 17.7 Å². The van der Waals surface area contributed by atoms with Gasteiger partial charge in [0.1, 0.15) is 0 Å². The lowest BCUT2D eigenvalue weighted by molar-refractivity contribution is -0.120. The molecule has 3 aromatic rings. The van der Waals surface area contributed by atoms with Crippen LogP contribution in [0.4, 0.5) is 0 Å². The van der Waals surface area contributed by atoms with Gasteiger partial charge in [-0.05, 0) is 41.3 Å². The van der Waals surface area contributed by atoms with E-state index in [-0.39, 0.29) is 5.91 Å². The third kappa shape index (κ3) is 5.57. The molecule has 7 heteroatoms. The first-order valence-electron chi connectivity index (χ1n) is 10.7. The molecule has 0 spiro atoms. The molecule has 7 nitrogen and oxygen atoms in total. The fourth-order valence-corrected chi connectivity index (χ4v) is 3.71. The van der Waals surface area contributed by atoms with Crippen LogP contribution in [0.2, 0.25) is 0 Å². The first-order valence-corrected chi connectivity index (χ1v) is 10.7. The second-order valence-corrected chi connectivity index (χ2v) is 7.83. The minimum atomic E-state index is 0.0472. The number of morpholine rings is 1. The average molecular weight is 421 g/mol. The molecule has 1 aliphatic rings. The summed E-state index contributed by atoms with van der Waals surface area (Å²) in [5.41, 5.74) is 5.24. The number of amides is 1. The summed E-state index contributed by atoms with van der Waals surface area (Å²) in [6, 6.07) is 14.2. The summed E-state index contributed by atoms with van der Waals surface area (Å²) < 4.78 is 10.9. The smallest absolute Gasteiger partial charge is 0.247 e. The van der Waals surface area contributed by atoms with E-state index in [9.17, 15) is 4.79 Å². The first kappa shape index (κ1) is 21.2. The molecule has 0 radical (unpaired) electrons. The zero-order valence-electron chi connectivity index (χ0n) is 18.1. The molecule has 0 unspecified atom stereocenters. The number of nitrogens with zero attached hydrogens (tertiary/aromatic N) is 3. The number of hydrogen-bond donors (Lipinski definition) is 1. The lowest BCUT2D eigenvalue weighted by atomic mass is 9.96. The van der Waals surface area contributed by atoms with Crippen LogP contribution >= 0.6 is 0 Å². The highest BCUT2D eigenvalue weighted by Crippen LogP contribution is 2.29. The van der Waals surface area contributed by atoms with Crippen molar-refractivity contribution in [2.24, 2.45) is 0 Å². The molecule has 1 aromatic heterocycles. The van der Waals surface area contributed by atoms with Crippen molar-refractivity contribution >= 4 is 5.91 Å². The summed E-state index contributed by atoms with van der Waals surface area (Å²) in [7, 11) is 0. The van der Waals surface area contributed by atoms with E-state index in [0.29, 0.717) is 24.7 Å². The largest absolute Gasteiger partial charge is 0.421 e. The molecule has 1 fully saturated rings. The van der Waals surface area contributed by atoms with Gasteiger partial charge in [0.15, 0.2) is 0 Å². The molecule has 2 heterocycles. The van der Waals surface area contributed by atoms with Crippen molar-refractivity contribution in [2.45, 2.75) is 20.3 Å². The van der Waals surface area contributed by atoms with Crippen LogP contribution in [-0.4, -0.2) is 60.4 Å². The van der Waals surface area contributed by atoms with Gasteiger partial charge in [-0.2, -0.15) is 0 Å². The van der Waals surface area contributed by atoms with Crippen molar-refractivity contribution in [3.05, 3.63) is 59.5 Å². The minimum Gasteiger partial charge on any atom is -0.421 e. The molecule has 0 aliphatic carbocycles. The summed E-state index contributed by atoms with van der Waals surface area (Å²) in [6.45, 7) is 8.81. The molecule has 1 saturated heterocycles. The Kier molecular flexibility index (Phi) is 6.74. The second-order valence-electron chi connectivity index (χ2n) is 7.83. The van der Waals surface area contributed by atoms with Crippen molar-refractivity contribution in [2.75, 3.05) is 39.4 Å². The highest BCUT2D eigenvalue weighted by Gasteiger charge is 2.12. The van der Waals surface area contributed by atoms with Crippen molar-refractivity contribution < 1.29 is 13.9 Å². The van der Waals surface area contributed by atoms with E-state index in [1.54, 1.807) is 6.92 Å². The predicted octanol–water partition coefficient (Wildman–Crippen LogP) is 3.01. The number of carbonyl (C=O) groups is 1. The molecule has 1 N–H and O–H groups in total. The number of hydrogen-bond acceptors (Lipinski definition) is 6. The standard InChI is InChI=1S/C24H28N4O3/c1-17-3-6-21(24-27-26-18(2)31-24)16-22(17)20-7-4-19(5-8-20)15-23(29)25-9-10-28-11-13-30-14-12-28/h3-8,16H,9-15H2,1-2H3,(H,25,29). The van der Waals surface area contributed by atoms with Gasteiger partial charge in [0, 0.05) is 38.7 Å². The zero-order chi connectivity index (χ0) is 21.6. The highest BCUT2D eigenvalue weighted by atomic mass is 16.5. The molecule has 0 bridgehead atoms. The summed E-state index contributed by atoms with van der Waals surface area (Å²) in [4.78, 5) is 14.6. The highest BCUT2D eigenvalue weighted by molar-refractivity contribution is 5.79. The number of aromatic nitrogens is 2.